The molecule has 0 radical (unpaired) electrons. The van der Waals surface area contributed by atoms with Crippen molar-refractivity contribution in [2.75, 3.05) is 0 Å². The van der Waals surface area contributed by atoms with Gasteiger partial charge in [-0.05, 0) is 0 Å². The van der Waals surface area contributed by atoms with Crippen LogP contribution in [0.5, 0.6) is 0 Å². The minimum absolute atomic E-state index is 0. The second-order valence-electron chi connectivity index (χ2n) is 0. The third-order valence-corrected chi connectivity index (χ3v) is 0. The molecule has 0 unspecified atom stereocenters. The SMILES string of the molecule is O.O.[Mo].[OH-].[OH-].[Rb+].[Rb+]. The normalized spacial score (nSPS) is 0. The van der Waals surface area contributed by atoms with Gasteiger partial charge < -0.3 is 21.9 Å². The Labute approximate surface area is 154 Å². The average molecular weight is 337 g/mol. The fraction of sp³-hybridized carbons (Fsp3) is 0. The van der Waals surface area contributed by atoms with E-state index in [1.165, 1.54) is 0 Å². The van der Waals surface area contributed by atoms with Crippen LogP contribution in [0.2, 0.25) is 0 Å². The topological polar surface area (TPSA) is 123 Å². The van der Waals surface area contributed by atoms with Crippen LogP contribution in [0.15, 0.2) is 0 Å². The van der Waals surface area contributed by atoms with Crippen molar-refractivity contribution in [2.45, 2.75) is 0 Å². The first-order valence-corrected chi connectivity index (χ1v) is 0. The van der Waals surface area contributed by atoms with E-state index >= 15 is 0 Å². The Morgan fingerprint density at radius 1 is 0.571 bits per heavy atom. The molecule has 0 aromatic carbocycles. The van der Waals surface area contributed by atoms with Gasteiger partial charge in [0.2, 0.25) is 0 Å². The van der Waals surface area contributed by atoms with E-state index in [-0.39, 0.29) is 159 Å². The summed E-state index contributed by atoms with van der Waals surface area (Å²) in [6, 6.07) is 0. The van der Waals surface area contributed by atoms with E-state index in [0.29, 0.717) is 0 Å². The van der Waals surface area contributed by atoms with Crippen molar-refractivity contribution in [1.29, 1.82) is 0 Å². The summed E-state index contributed by atoms with van der Waals surface area (Å²) in [6.45, 7) is 0. The third kappa shape index (κ3) is 39.2. The van der Waals surface area contributed by atoms with Crippen molar-refractivity contribution in [3.05, 3.63) is 0 Å². The minimum atomic E-state index is 0. The molecule has 0 fully saturated rings. The average Bonchev–Trinajstić information content (AvgIpc) is 0. The van der Waals surface area contributed by atoms with Gasteiger partial charge in [-0.15, -0.1) is 0 Å². The first-order chi connectivity index (χ1) is 0. The van der Waals surface area contributed by atoms with E-state index in [4.69, 9.17) is 0 Å². The standard InChI is InChI=1S/Mo.4H2O.2Rb/h;4*1H2;;/q;;;;;2*+1/p-2. The molecule has 0 atom stereocenters. The van der Waals surface area contributed by atoms with E-state index in [1.807, 2.05) is 0 Å². The molecule has 0 aliphatic heterocycles. The molecule has 0 bridgehead atoms. The van der Waals surface area contributed by atoms with Crippen molar-refractivity contribution in [2.24, 2.45) is 0 Å². The molecular weight excluding hydrogens is 331 g/mol. The molecule has 0 amide bonds. The monoisotopic (exact) mass is 338 g/mol. The van der Waals surface area contributed by atoms with Crippen LogP contribution in [-0.2, 0) is 21.1 Å². The fourth-order valence-electron chi connectivity index (χ4n) is 0. The number of hydrogen-bond acceptors (Lipinski definition) is 2. The van der Waals surface area contributed by atoms with Crippen LogP contribution < -0.4 is 116 Å². The molecule has 0 saturated heterocycles. The van der Waals surface area contributed by atoms with Gasteiger partial charge in [0.1, 0.15) is 0 Å². The quantitative estimate of drug-likeness (QED) is 0.408. The number of hydrogen-bond donors (Lipinski definition) is 0. The van der Waals surface area contributed by atoms with Crippen LogP contribution in [0, 0.1) is 0 Å². The molecule has 0 aliphatic rings. The smallest absolute Gasteiger partial charge is 0.870 e. The maximum Gasteiger partial charge on any atom is 1.00 e. The predicted octanol–water partition coefficient (Wildman–Crippen LogP) is -8.00. The first kappa shape index (κ1) is 66.8. The predicted molar refractivity (Wildman–Crippen MR) is 11.1 cm³/mol. The van der Waals surface area contributed by atoms with Gasteiger partial charge in [-0.2, -0.15) is 0 Å². The Kier molecular flexibility index (Phi) is 472. The Balaban J connectivity index is 0. The summed E-state index contributed by atoms with van der Waals surface area (Å²) in [7, 11) is 0. The van der Waals surface area contributed by atoms with Gasteiger partial charge in [-0.3, -0.25) is 0 Å². The summed E-state index contributed by atoms with van der Waals surface area (Å²) < 4.78 is 0. The summed E-state index contributed by atoms with van der Waals surface area (Å²) >= 11 is 0. The van der Waals surface area contributed by atoms with Crippen LogP contribution in [0.4, 0.5) is 0 Å². The Hall–Kier alpha value is 4.14. The van der Waals surface area contributed by atoms with Gasteiger partial charge in [0.25, 0.3) is 0 Å². The van der Waals surface area contributed by atoms with Crippen molar-refractivity contribution >= 4 is 0 Å². The summed E-state index contributed by atoms with van der Waals surface area (Å²) in [4.78, 5) is 0. The molecule has 0 spiro atoms. The third-order valence-electron chi connectivity index (χ3n) is 0. The van der Waals surface area contributed by atoms with Crippen molar-refractivity contribution in [3.63, 3.8) is 0 Å². The molecule has 7 heteroatoms. The zero-order valence-electron chi connectivity index (χ0n) is 4.30. The molecule has 0 aromatic heterocycles. The van der Waals surface area contributed by atoms with Gasteiger partial charge >= 0.3 is 116 Å². The molecule has 4 nitrogen and oxygen atoms in total. The van der Waals surface area contributed by atoms with Crippen LogP contribution >= 0.6 is 0 Å². The van der Waals surface area contributed by atoms with E-state index in [2.05, 4.69) is 0 Å². The van der Waals surface area contributed by atoms with Crippen molar-refractivity contribution < 1.29 is 159 Å². The number of rotatable bonds is 0. The van der Waals surface area contributed by atoms with Gasteiger partial charge in [-0.1, -0.05) is 0 Å². The van der Waals surface area contributed by atoms with Crippen LogP contribution in [0.1, 0.15) is 0 Å². The Morgan fingerprint density at radius 3 is 0.571 bits per heavy atom. The maximum atomic E-state index is 0. The van der Waals surface area contributed by atoms with Crippen molar-refractivity contribution in [1.82, 2.24) is 0 Å². The van der Waals surface area contributed by atoms with Gasteiger partial charge in [0.15, 0.2) is 0 Å². The first-order valence-electron chi connectivity index (χ1n) is 0. The zero-order chi connectivity index (χ0) is 0. The fourth-order valence-corrected chi connectivity index (χ4v) is 0. The second-order valence-corrected chi connectivity index (χ2v) is 0. The summed E-state index contributed by atoms with van der Waals surface area (Å²) in [6.07, 6.45) is 0. The molecule has 0 saturated carbocycles. The van der Waals surface area contributed by atoms with Gasteiger partial charge in [0, 0.05) is 21.1 Å². The Bertz CT molecular complexity index is 9.65. The molecule has 7 heavy (non-hydrogen) atoms. The zero-order valence-corrected chi connectivity index (χ0v) is 16.1. The van der Waals surface area contributed by atoms with Crippen LogP contribution in [0.3, 0.4) is 0 Å². The van der Waals surface area contributed by atoms with E-state index < -0.39 is 0 Å². The largest absolute Gasteiger partial charge is 1.00 e. The van der Waals surface area contributed by atoms with E-state index in [0.717, 1.165) is 0 Å². The summed E-state index contributed by atoms with van der Waals surface area (Å²) in [5, 5.41) is 0. The van der Waals surface area contributed by atoms with E-state index in [9.17, 15) is 0 Å². The molecular formula is H6MoO4Rb2. The maximum absolute atomic E-state index is 0. The summed E-state index contributed by atoms with van der Waals surface area (Å²) in [5.41, 5.74) is 0. The summed E-state index contributed by atoms with van der Waals surface area (Å²) in [5.74, 6) is 0. The molecule has 0 aliphatic carbocycles. The van der Waals surface area contributed by atoms with Gasteiger partial charge in [-0.25, -0.2) is 0 Å². The van der Waals surface area contributed by atoms with Crippen LogP contribution in [-0.4, -0.2) is 21.9 Å². The molecule has 0 rings (SSSR count). The molecule has 38 valence electrons. The molecule has 6 N–H and O–H groups in total. The van der Waals surface area contributed by atoms with Crippen LogP contribution in [0.25, 0.3) is 0 Å². The Morgan fingerprint density at radius 2 is 0.571 bits per heavy atom. The van der Waals surface area contributed by atoms with Crippen molar-refractivity contribution in [3.8, 4) is 0 Å². The van der Waals surface area contributed by atoms with E-state index in [1.54, 1.807) is 0 Å². The van der Waals surface area contributed by atoms with Gasteiger partial charge in [0.05, 0.1) is 0 Å². The second kappa shape index (κ2) is 49.4. The molecule has 0 aromatic rings. The molecule has 0 heterocycles. The minimum Gasteiger partial charge on any atom is -0.870 e.